The van der Waals surface area contributed by atoms with E-state index in [1.54, 1.807) is 12.1 Å². The van der Waals surface area contributed by atoms with Gasteiger partial charge in [-0.1, -0.05) is 30.3 Å². The number of aromatic nitrogens is 2. The van der Waals surface area contributed by atoms with Gasteiger partial charge in [-0.25, -0.2) is 4.39 Å². The van der Waals surface area contributed by atoms with E-state index in [1.165, 1.54) is 22.6 Å². The third kappa shape index (κ3) is 3.94. The van der Waals surface area contributed by atoms with Crippen LogP contribution in [0.25, 0.3) is 0 Å². The molecule has 0 saturated carbocycles. The number of hydrogen-bond donors (Lipinski definition) is 1. The molecule has 4 rings (SSSR count). The highest BCUT2D eigenvalue weighted by atomic mass is 32.2. The lowest BCUT2D eigenvalue weighted by Gasteiger charge is -2.25. The Bertz CT molecular complexity index is 844. The Hall–Kier alpha value is -2.11. The van der Waals surface area contributed by atoms with Crippen molar-refractivity contribution in [1.82, 2.24) is 15.1 Å². The molecule has 0 bridgehead atoms. The lowest BCUT2D eigenvalue weighted by Crippen LogP contribution is -2.24. The molecule has 0 radical (unpaired) electrons. The van der Waals surface area contributed by atoms with Crippen LogP contribution in [-0.2, 0) is 13.1 Å². The SMILES string of the molecule is Fc1ccc(Cn2cc(CNC3CCSc4ccccc43)cn2)cc1. The first-order valence-corrected chi connectivity index (χ1v) is 9.47. The normalized spacial score (nSPS) is 16.6. The van der Waals surface area contributed by atoms with Gasteiger partial charge in [-0.05, 0) is 41.5 Å². The molecular weight excluding hydrogens is 333 g/mol. The number of benzene rings is 2. The number of hydrogen-bond acceptors (Lipinski definition) is 3. The molecule has 1 atom stereocenters. The monoisotopic (exact) mass is 353 g/mol. The summed E-state index contributed by atoms with van der Waals surface area (Å²) in [7, 11) is 0. The highest BCUT2D eigenvalue weighted by Crippen LogP contribution is 2.35. The molecule has 0 spiro atoms. The fraction of sp³-hybridized carbons (Fsp3) is 0.250. The smallest absolute Gasteiger partial charge is 0.123 e. The van der Waals surface area contributed by atoms with E-state index < -0.39 is 0 Å². The molecule has 3 nitrogen and oxygen atoms in total. The highest BCUT2D eigenvalue weighted by molar-refractivity contribution is 7.99. The van der Waals surface area contributed by atoms with Gasteiger partial charge in [0.05, 0.1) is 12.7 Å². The van der Waals surface area contributed by atoms with Gasteiger partial charge < -0.3 is 5.32 Å². The topological polar surface area (TPSA) is 29.9 Å². The van der Waals surface area contributed by atoms with E-state index in [9.17, 15) is 4.39 Å². The molecule has 0 amide bonds. The maximum atomic E-state index is 13.0. The average Bonchev–Trinajstić information content (AvgIpc) is 3.09. The second-order valence-corrected chi connectivity index (χ2v) is 7.42. The molecular formula is C20H20FN3S. The van der Waals surface area contributed by atoms with Gasteiger partial charge in [0.25, 0.3) is 0 Å². The van der Waals surface area contributed by atoms with Crippen molar-refractivity contribution in [2.75, 3.05) is 5.75 Å². The molecule has 3 aromatic rings. The second kappa shape index (κ2) is 7.42. The first-order valence-electron chi connectivity index (χ1n) is 8.49. The molecule has 1 aromatic heterocycles. The quantitative estimate of drug-likeness (QED) is 0.737. The number of nitrogens with zero attached hydrogens (tertiary/aromatic N) is 2. The Morgan fingerprint density at radius 3 is 2.84 bits per heavy atom. The molecule has 5 heteroatoms. The van der Waals surface area contributed by atoms with Gasteiger partial charge in [0, 0.05) is 29.2 Å². The second-order valence-electron chi connectivity index (χ2n) is 6.28. The minimum Gasteiger partial charge on any atom is -0.306 e. The summed E-state index contributed by atoms with van der Waals surface area (Å²) in [5.74, 6) is 0.943. The maximum absolute atomic E-state index is 13.0. The number of halogens is 1. The molecule has 0 aliphatic carbocycles. The van der Waals surface area contributed by atoms with Gasteiger partial charge in [0.2, 0.25) is 0 Å². The summed E-state index contributed by atoms with van der Waals surface area (Å²) >= 11 is 1.94. The fourth-order valence-electron chi connectivity index (χ4n) is 3.16. The average molecular weight is 353 g/mol. The Kier molecular flexibility index (Phi) is 4.85. The van der Waals surface area contributed by atoms with E-state index in [0.717, 1.165) is 29.8 Å². The van der Waals surface area contributed by atoms with Crippen molar-refractivity contribution in [1.29, 1.82) is 0 Å². The summed E-state index contributed by atoms with van der Waals surface area (Å²) in [6.07, 6.45) is 5.10. The van der Waals surface area contributed by atoms with Crippen LogP contribution < -0.4 is 5.32 Å². The minimum atomic E-state index is -0.208. The summed E-state index contributed by atoms with van der Waals surface area (Å²) in [4.78, 5) is 1.39. The van der Waals surface area contributed by atoms with Crippen LogP contribution in [0.2, 0.25) is 0 Å². The standard InChI is InChI=1S/C20H20FN3S/c21-17-7-5-15(6-8-17)13-24-14-16(12-23-24)11-22-19-9-10-25-20-4-2-1-3-18(19)20/h1-8,12,14,19,22H,9-11,13H2. The molecule has 0 fully saturated rings. The van der Waals surface area contributed by atoms with E-state index in [1.807, 2.05) is 22.6 Å². The van der Waals surface area contributed by atoms with Crippen LogP contribution >= 0.6 is 11.8 Å². The Labute approximate surface area is 151 Å². The molecule has 128 valence electrons. The van der Waals surface area contributed by atoms with E-state index in [-0.39, 0.29) is 5.82 Å². The summed E-state index contributed by atoms with van der Waals surface area (Å²) in [5, 5.41) is 8.08. The van der Waals surface area contributed by atoms with Gasteiger partial charge in [-0.3, -0.25) is 4.68 Å². The van der Waals surface area contributed by atoms with Crippen molar-refractivity contribution in [3.8, 4) is 0 Å². The van der Waals surface area contributed by atoms with Crippen molar-refractivity contribution in [3.63, 3.8) is 0 Å². The Morgan fingerprint density at radius 2 is 1.96 bits per heavy atom. The third-order valence-corrected chi connectivity index (χ3v) is 5.58. The third-order valence-electron chi connectivity index (χ3n) is 4.46. The molecule has 1 N–H and O–H groups in total. The van der Waals surface area contributed by atoms with Crippen LogP contribution in [0.4, 0.5) is 4.39 Å². The largest absolute Gasteiger partial charge is 0.306 e. The summed E-state index contributed by atoms with van der Waals surface area (Å²) in [6, 6.07) is 15.6. The minimum absolute atomic E-state index is 0.208. The lowest BCUT2D eigenvalue weighted by molar-refractivity contribution is 0.510. The molecule has 25 heavy (non-hydrogen) atoms. The van der Waals surface area contributed by atoms with Crippen molar-refractivity contribution in [3.05, 3.63) is 83.4 Å². The first-order chi connectivity index (χ1) is 12.3. The van der Waals surface area contributed by atoms with Gasteiger partial charge in [-0.15, -0.1) is 11.8 Å². The van der Waals surface area contributed by atoms with Crippen LogP contribution in [0.3, 0.4) is 0 Å². The van der Waals surface area contributed by atoms with Crippen molar-refractivity contribution >= 4 is 11.8 Å². The van der Waals surface area contributed by atoms with E-state index in [4.69, 9.17) is 0 Å². The maximum Gasteiger partial charge on any atom is 0.123 e. The highest BCUT2D eigenvalue weighted by Gasteiger charge is 2.19. The summed E-state index contributed by atoms with van der Waals surface area (Å²) in [5.41, 5.74) is 3.61. The van der Waals surface area contributed by atoms with Gasteiger partial charge in [-0.2, -0.15) is 5.10 Å². The van der Waals surface area contributed by atoms with Crippen LogP contribution in [0.15, 0.2) is 65.8 Å². The zero-order valence-electron chi connectivity index (χ0n) is 13.9. The first kappa shape index (κ1) is 16.4. The number of fused-ring (bicyclic) bond motifs is 1. The fourth-order valence-corrected chi connectivity index (χ4v) is 4.28. The molecule has 2 aromatic carbocycles. The number of rotatable bonds is 5. The molecule has 2 heterocycles. The lowest BCUT2D eigenvalue weighted by atomic mass is 10.0. The van der Waals surface area contributed by atoms with Crippen molar-refractivity contribution in [2.24, 2.45) is 0 Å². The predicted octanol–water partition coefficient (Wildman–Crippen LogP) is 4.40. The van der Waals surface area contributed by atoms with Crippen LogP contribution in [-0.4, -0.2) is 15.5 Å². The molecule has 1 aliphatic rings. The van der Waals surface area contributed by atoms with Gasteiger partial charge >= 0.3 is 0 Å². The van der Waals surface area contributed by atoms with Gasteiger partial charge in [0.15, 0.2) is 0 Å². The van der Waals surface area contributed by atoms with Crippen molar-refractivity contribution in [2.45, 2.75) is 30.4 Å². The number of thioether (sulfide) groups is 1. The molecule has 0 saturated heterocycles. The molecule has 1 unspecified atom stereocenters. The van der Waals surface area contributed by atoms with Crippen LogP contribution in [0.5, 0.6) is 0 Å². The number of nitrogens with one attached hydrogen (secondary N) is 1. The Balaban J connectivity index is 1.38. The zero-order chi connectivity index (χ0) is 17.1. The predicted molar refractivity (Wildman–Crippen MR) is 99.1 cm³/mol. The van der Waals surface area contributed by atoms with E-state index >= 15 is 0 Å². The van der Waals surface area contributed by atoms with Gasteiger partial charge in [0.1, 0.15) is 5.82 Å². The summed E-state index contributed by atoms with van der Waals surface area (Å²) in [6.45, 7) is 1.45. The van der Waals surface area contributed by atoms with E-state index in [0.29, 0.717) is 12.6 Å². The summed E-state index contributed by atoms with van der Waals surface area (Å²) < 4.78 is 14.9. The molecule has 1 aliphatic heterocycles. The van der Waals surface area contributed by atoms with Crippen LogP contribution in [0, 0.1) is 5.82 Å². The van der Waals surface area contributed by atoms with Crippen molar-refractivity contribution < 1.29 is 4.39 Å². The van der Waals surface area contributed by atoms with E-state index in [2.05, 4.69) is 40.9 Å². The zero-order valence-corrected chi connectivity index (χ0v) is 14.7. The Morgan fingerprint density at radius 1 is 1.12 bits per heavy atom. The van der Waals surface area contributed by atoms with Crippen LogP contribution in [0.1, 0.15) is 29.2 Å².